The summed E-state index contributed by atoms with van der Waals surface area (Å²) in [4.78, 5) is 9.95. The molecule has 0 saturated carbocycles. The van der Waals surface area contributed by atoms with Crippen LogP contribution in [0.3, 0.4) is 0 Å². The normalized spacial score (nSPS) is 9.87. The van der Waals surface area contributed by atoms with Gasteiger partial charge in [0.2, 0.25) is 0 Å². The Bertz CT molecular complexity index is 377. The fourth-order valence-electron chi connectivity index (χ4n) is 1.08. The van der Waals surface area contributed by atoms with Gasteiger partial charge in [0.15, 0.2) is 0 Å². The van der Waals surface area contributed by atoms with Gasteiger partial charge < -0.3 is 10.5 Å². The number of anilines is 1. The zero-order valence-electron chi connectivity index (χ0n) is 8.18. The highest BCUT2D eigenvalue weighted by molar-refractivity contribution is 5.53. The van der Waals surface area contributed by atoms with E-state index in [4.69, 9.17) is 10.5 Å². The molecule has 15 heavy (non-hydrogen) atoms. The van der Waals surface area contributed by atoms with E-state index in [1.54, 1.807) is 12.1 Å². The largest absolute Gasteiger partial charge is 0.398 e. The smallest absolute Gasteiger partial charge is 0.271 e. The van der Waals surface area contributed by atoms with Crippen molar-refractivity contribution in [1.82, 2.24) is 0 Å². The van der Waals surface area contributed by atoms with Crippen LogP contribution in [-0.4, -0.2) is 11.5 Å². The van der Waals surface area contributed by atoms with Gasteiger partial charge in [0.05, 0.1) is 18.1 Å². The summed E-state index contributed by atoms with van der Waals surface area (Å²) in [5, 5.41) is 10.4. The van der Waals surface area contributed by atoms with Gasteiger partial charge in [-0.2, -0.15) is 0 Å². The van der Waals surface area contributed by atoms with E-state index in [1.807, 2.05) is 0 Å². The van der Waals surface area contributed by atoms with Crippen molar-refractivity contribution in [2.45, 2.75) is 6.61 Å². The van der Waals surface area contributed by atoms with Crippen molar-refractivity contribution in [2.75, 3.05) is 12.3 Å². The number of non-ortho nitro benzene ring substituents is 1. The van der Waals surface area contributed by atoms with E-state index in [9.17, 15) is 10.1 Å². The van der Waals surface area contributed by atoms with Crippen LogP contribution < -0.4 is 5.73 Å². The molecule has 0 aliphatic rings. The predicted molar refractivity (Wildman–Crippen MR) is 57.4 cm³/mol. The molecule has 0 aliphatic heterocycles. The molecule has 0 aliphatic carbocycles. The molecular weight excluding hydrogens is 196 g/mol. The average Bonchev–Trinajstić information content (AvgIpc) is 2.20. The van der Waals surface area contributed by atoms with Crippen LogP contribution in [0.1, 0.15) is 5.56 Å². The molecule has 0 atom stereocenters. The molecule has 2 N–H and O–H groups in total. The number of nitrogen functional groups attached to an aromatic ring is 1. The molecule has 0 fully saturated rings. The standard InChI is InChI=1S/C10H12N2O3/c1-2-5-15-7-8-3-4-9(12(13)14)6-10(8)11/h2-4,6H,1,5,7,11H2. The Balaban J connectivity index is 2.74. The first-order chi connectivity index (χ1) is 7.15. The third-order valence-corrected chi connectivity index (χ3v) is 1.83. The lowest BCUT2D eigenvalue weighted by molar-refractivity contribution is -0.384. The fourth-order valence-corrected chi connectivity index (χ4v) is 1.08. The number of rotatable bonds is 5. The molecular formula is C10H12N2O3. The second kappa shape index (κ2) is 5.11. The Morgan fingerprint density at radius 1 is 1.60 bits per heavy atom. The first kappa shape index (κ1) is 11.2. The van der Waals surface area contributed by atoms with Crippen LogP contribution in [0.4, 0.5) is 11.4 Å². The molecule has 0 heterocycles. The highest BCUT2D eigenvalue weighted by Crippen LogP contribution is 2.20. The summed E-state index contributed by atoms with van der Waals surface area (Å²) in [7, 11) is 0. The molecule has 0 saturated heterocycles. The third kappa shape index (κ3) is 3.07. The topological polar surface area (TPSA) is 78.4 Å². The minimum atomic E-state index is -0.481. The Morgan fingerprint density at radius 3 is 2.87 bits per heavy atom. The quantitative estimate of drug-likeness (QED) is 0.263. The van der Waals surface area contributed by atoms with E-state index >= 15 is 0 Å². The Morgan fingerprint density at radius 2 is 2.33 bits per heavy atom. The van der Waals surface area contributed by atoms with Crippen LogP contribution in [0.25, 0.3) is 0 Å². The first-order valence-electron chi connectivity index (χ1n) is 4.36. The van der Waals surface area contributed by atoms with E-state index < -0.39 is 4.92 Å². The van der Waals surface area contributed by atoms with E-state index in [2.05, 4.69) is 6.58 Å². The highest BCUT2D eigenvalue weighted by Gasteiger charge is 2.08. The Labute approximate surface area is 87.3 Å². The Hall–Kier alpha value is -1.88. The van der Waals surface area contributed by atoms with Crippen LogP contribution in [0.5, 0.6) is 0 Å². The monoisotopic (exact) mass is 208 g/mol. The van der Waals surface area contributed by atoms with Crippen molar-refractivity contribution in [3.63, 3.8) is 0 Å². The zero-order chi connectivity index (χ0) is 11.3. The van der Waals surface area contributed by atoms with Gasteiger partial charge in [0.25, 0.3) is 5.69 Å². The van der Waals surface area contributed by atoms with Crippen molar-refractivity contribution in [1.29, 1.82) is 0 Å². The lowest BCUT2D eigenvalue weighted by Crippen LogP contribution is -1.99. The maximum Gasteiger partial charge on any atom is 0.271 e. The van der Waals surface area contributed by atoms with E-state index in [0.29, 0.717) is 18.9 Å². The van der Waals surface area contributed by atoms with E-state index in [1.165, 1.54) is 12.1 Å². The highest BCUT2D eigenvalue weighted by atomic mass is 16.6. The number of nitrogens with two attached hydrogens (primary N) is 1. The summed E-state index contributed by atoms with van der Waals surface area (Å²) < 4.78 is 5.18. The second-order valence-corrected chi connectivity index (χ2v) is 2.94. The van der Waals surface area contributed by atoms with Crippen LogP contribution >= 0.6 is 0 Å². The van der Waals surface area contributed by atoms with Crippen LogP contribution in [0.15, 0.2) is 30.9 Å². The molecule has 0 bridgehead atoms. The van der Waals surface area contributed by atoms with E-state index in [0.717, 1.165) is 5.56 Å². The van der Waals surface area contributed by atoms with Crippen molar-refractivity contribution < 1.29 is 9.66 Å². The molecule has 80 valence electrons. The van der Waals surface area contributed by atoms with Gasteiger partial charge in [-0.05, 0) is 6.07 Å². The van der Waals surface area contributed by atoms with Crippen molar-refractivity contribution in [3.05, 3.63) is 46.5 Å². The number of nitrogens with zero attached hydrogens (tertiary/aromatic N) is 1. The van der Waals surface area contributed by atoms with Gasteiger partial charge in [0, 0.05) is 23.4 Å². The minimum absolute atomic E-state index is 0.0139. The number of ether oxygens (including phenoxy) is 1. The molecule has 0 aromatic heterocycles. The summed E-state index contributed by atoms with van der Waals surface area (Å²) in [5.74, 6) is 0. The van der Waals surface area contributed by atoms with Gasteiger partial charge in [-0.3, -0.25) is 10.1 Å². The molecule has 1 rings (SSSR count). The van der Waals surface area contributed by atoms with Gasteiger partial charge in [-0.15, -0.1) is 6.58 Å². The SMILES string of the molecule is C=CCOCc1ccc([N+](=O)[O-])cc1N. The number of nitro benzene ring substituents is 1. The number of benzene rings is 1. The molecule has 0 spiro atoms. The lowest BCUT2D eigenvalue weighted by atomic mass is 10.2. The zero-order valence-corrected chi connectivity index (χ0v) is 8.18. The van der Waals surface area contributed by atoms with Crippen molar-refractivity contribution in [3.8, 4) is 0 Å². The summed E-state index contributed by atoms with van der Waals surface area (Å²) in [6, 6.07) is 4.33. The maximum absolute atomic E-state index is 10.4. The summed E-state index contributed by atoms with van der Waals surface area (Å²) >= 11 is 0. The van der Waals surface area contributed by atoms with Crippen LogP contribution in [-0.2, 0) is 11.3 Å². The van der Waals surface area contributed by atoms with Crippen LogP contribution in [0.2, 0.25) is 0 Å². The first-order valence-corrected chi connectivity index (χ1v) is 4.36. The van der Waals surface area contributed by atoms with E-state index in [-0.39, 0.29) is 5.69 Å². The van der Waals surface area contributed by atoms with Gasteiger partial charge in [-0.1, -0.05) is 6.08 Å². The molecule has 1 aromatic carbocycles. The summed E-state index contributed by atoms with van der Waals surface area (Å²) in [5.41, 5.74) is 6.72. The molecule has 0 radical (unpaired) electrons. The average molecular weight is 208 g/mol. The number of nitro groups is 1. The molecule has 0 unspecified atom stereocenters. The van der Waals surface area contributed by atoms with Crippen molar-refractivity contribution in [2.24, 2.45) is 0 Å². The molecule has 0 amide bonds. The van der Waals surface area contributed by atoms with Gasteiger partial charge >= 0.3 is 0 Å². The molecule has 5 nitrogen and oxygen atoms in total. The third-order valence-electron chi connectivity index (χ3n) is 1.83. The minimum Gasteiger partial charge on any atom is -0.398 e. The number of hydrogen-bond acceptors (Lipinski definition) is 4. The predicted octanol–water partition coefficient (Wildman–Crippen LogP) is 1.88. The Kier molecular flexibility index (Phi) is 3.82. The summed E-state index contributed by atoms with van der Waals surface area (Å²) in [6.45, 7) is 4.26. The van der Waals surface area contributed by atoms with Gasteiger partial charge in [0.1, 0.15) is 0 Å². The van der Waals surface area contributed by atoms with Crippen LogP contribution in [0, 0.1) is 10.1 Å². The van der Waals surface area contributed by atoms with Gasteiger partial charge in [-0.25, -0.2) is 0 Å². The second-order valence-electron chi connectivity index (χ2n) is 2.94. The fraction of sp³-hybridized carbons (Fsp3) is 0.200. The molecule has 1 aromatic rings. The number of hydrogen-bond donors (Lipinski definition) is 1. The lowest BCUT2D eigenvalue weighted by Gasteiger charge is -2.04. The summed E-state index contributed by atoms with van der Waals surface area (Å²) in [6.07, 6.45) is 1.63. The van der Waals surface area contributed by atoms with Crippen molar-refractivity contribution >= 4 is 11.4 Å². The molecule has 5 heteroatoms. The maximum atomic E-state index is 10.4.